The highest BCUT2D eigenvalue weighted by molar-refractivity contribution is 6.30. The summed E-state index contributed by atoms with van der Waals surface area (Å²) in [7, 11) is 0. The van der Waals surface area contributed by atoms with E-state index in [-0.39, 0.29) is 23.5 Å². The third-order valence-electron chi connectivity index (χ3n) is 2.73. The van der Waals surface area contributed by atoms with Crippen LogP contribution in [0.4, 0.5) is 4.39 Å². The van der Waals surface area contributed by atoms with Crippen LogP contribution in [0.3, 0.4) is 0 Å². The molecule has 1 aromatic carbocycles. The van der Waals surface area contributed by atoms with E-state index in [0.717, 1.165) is 31.4 Å². The number of halogens is 2. The highest BCUT2D eigenvalue weighted by atomic mass is 35.5. The lowest BCUT2D eigenvalue weighted by Crippen LogP contribution is -2.19. The van der Waals surface area contributed by atoms with Gasteiger partial charge in [-0.2, -0.15) is 0 Å². The van der Waals surface area contributed by atoms with Gasteiger partial charge in [-0.05, 0) is 50.4 Å². The summed E-state index contributed by atoms with van der Waals surface area (Å²) in [5, 5.41) is 12.1. The molecule has 2 N–H and O–H groups in total. The summed E-state index contributed by atoms with van der Waals surface area (Å²) in [6.45, 7) is 3.16. The van der Waals surface area contributed by atoms with Crippen molar-refractivity contribution in [3.63, 3.8) is 0 Å². The monoisotopic (exact) mass is 259 g/mol. The number of hydrogen-bond acceptors (Lipinski definition) is 2. The summed E-state index contributed by atoms with van der Waals surface area (Å²) >= 11 is 5.73. The predicted molar refractivity (Wildman–Crippen MR) is 68.8 cm³/mol. The van der Waals surface area contributed by atoms with Crippen LogP contribution in [0, 0.1) is 5.82 Å². The first kappa shape index (κ1) is 14.4. The quantitative estimate of drug-likeness (QED) is 0.737. The van der Waals surface area contributed by atoms with Crippen LogP contribution in [0.25, 0.3) is 0 Å². The molecule has 0 aliphatic carbocycles. The first-order chi connectivity index (χ1) is 8.15. The molecule has 1 atom stereocenters. The first-order valence-corrected chi connectivity index (χ1v) is 6.32. The minimum atomic E-state index is -0.384. The van der Waals surface area contributed by atoms with Gasteiger partial charge in [0.2, 0.25) is 0 Å². The lowest BCUT2D eigenvalue weighted by Gasteiger charge is -2.14. The van der Waals surface area contributed by atoms with E-state index in [0.29, 0.717) is 0 Å². The molecule has 0 radical (unpaired) electrons. The molecule has 17 heavy (non-hydrogen) atoms. The smallest absolute Gasteiger partial charge is 0.141 e. The molecule has 0 aliphatic rings. The van der Waals surface area contributed by atoms with Crippen LogP contribution < -0.4 is 5.32 Å². The van der Waals surface area contributed by atoms with Crippen LogP contribution in [0.2, 0.25) is 5.02 Å². The minimum Gasteiger partial charge on any atom is -0.396 e. The highest BCUT2D eigenvalue weighted by Gasteiger charge is 2.07. The molecule has 0 fully saturated rings. The summed E-state index contributed by atoms with van der Waals surface area (Å²) in [5.41, 5.74) is 0.985. The predicted octanol–water partition coefficient (Wildman–Crippen LogP) is 3.29. The van der Waals surface area contributed by atoms with Crippen LogP contribution in [0.1, 0.15) is 37.8 Å². The Bertz CT molecular complexity index is 346. The number of benzene rings is 1. The third-order valence-corrected chi connectivity index (χ3v) is 3.02. The van der Waals surface area contributed by atoms with Gasteiger partial charge < -0.3 is 10.4 Å². The third kappa shape index (κ3) is 5.02. The first-order valence-electron chi connectivity index (χ1n) is 5.94. The molecular formula is C13H19ClFNO. The lowest BCUT2D eigenvalue weighted by atomic mass is 10.1. The van der Waals surface area contributed by atoms with Crippen molar-refractivity contribution in [3.8, 4) is 0 Å². The maximum atomic E-state index is 13.0. The molecule has 0 bridgehead atoms. The van der Waals surface area contributed by atoms with E-state index in [2.05, 4.69) is 5.32 Å². The van der Waals surface area contributed by atoms with Gasteiger partial charge in [-0.25, -0.2) is 4.39 Å². The van der Waals surface area contributed by atoms with Crippen LogP contribution in [-0.2, 0) is 0 Å². The molecule has 0 heterocycles. The SMILES string of the molecule is CC(NCCCCCO)c1ccc(F)c(Cl)c1. The molecule has 0 saturated heterocycles. The molecule has 4 heteroatoms. The average molecular weight is 260 g/mol. The second kappa shape index (κ2) is 7.64. The Labute approximate surface area is 107 Å². The number of rotatable bonds is 7. The number of hydrogen-bond donors (Lipinski definition) is 2. The molecule has 96 valence electrons. The second-order valence-electron chi connectivity index (χ2n) is 4.13. The standard InChI is InChI=1S/C13H19ClFNO/c1-10(16-7-3-2-4-8-17)11-5-6-13(15)12(14)9-11/h5-6,9-10,16-17H,2-4,7-8H2,1H3. The van der Waals surface area contributed by atoms with Crippen molar-refractivity contribution in [1.82, 2.24) is 5.32 Å². The Hall–Kier alpha value is -0.640. The lowest BCUT2D eigenvalue weighted by molar-refractivity contribution is 0.282. The Balaban J connectivity index is 2.36. The van der Waals surface area contributed by atoms with Crippen molar-refractivity contribution in [2.45, 2.75) is 32.2 Å². The summed E-state index contributed by atoms with van der Waals surface area (Å²) in [6.07, 6.45) is 2.89. The van der Waals surface area contributed by atoms with E-state index >= 15 is 0 Å². The highest BCUT2D eigenvalue weighted by Crippen LogP contribution is 2.20. The van der Waals surface area contributed by atoms with Crippen LogP contribution in [0.15, 0.2) is 18.2 Å². The molecule has 1 rings (SSSR count). The van der Waals surface area contributed by atoms with Crippen molar-refractivity contribution < 1.29 is 9.50 Å². The summed E-state index contributed by atoms with van der Waals surface area (Å²) in [4.78, 5) is 0. The van der Waals surface area contributed by atoms with Crippen LogP contribution >= 0.6 is 11.6 Å². The Kier molecular flexibility index (Phi) is 6.48. The van der Waals surface area contributed by atoms with E-state index in [9.17, 15) is 4.39 Å². The molecule has 0 saturated carbocycles. The zero-order valence-electron chi connectivity index (χ0n) is 10.0. The molecule has 2 nitrogen and oxygen atoms in total. The van der Waals surface area contributed by atoms with Crippen LogP contribution in [-0.4, -0.2) is 18.3 Å². The molecule has 0 aliphatic heterocycles. The van der Waals surface area contributed by atoms with Crippen molar-refractivity contribution in [1.29, 1.82) is 0 Å². The van der Waals surface area contributed by atoms with Gasteiger partial charge in [-0.1, -0.05) is 17.7 Å². The summed E-state index contributed by atoms with van der Waals surface area (Å²) < 4.78 is 13.0. The van der Waals surface area contributed by atoms with Gasteiger partial charge in [0, 0.05) is 12.6 Å². The van der Waals surface area contributed by atoms with Crippen molar-refractivity contribution in [2.75, 3.05) is 13.2 Å². The largest absolute Gasteiger partial charge is 0.396 e. The van der Waals surface area contributed by atoms with Gasteiger partial charge in [0.05, 0.1) is 5.02 Å². The van der Waals surface area contributed by atoms with E-state index in [1.807, 2.05) is 6.92 Å². The average Bonchev–Trinajstić information content (AvgIpc) is 2.32. The summed E-state index contributed by atoms with van der Waals surface area (Å²) in [6, 6.07) is 4.94. The summed E-state index contributed by atoms with van der Waals surface area (Å²) in [5.74, 6) is -0.384. The van der Waals surface area contributed by atoms with Gasteiger partial charge in [-0.15, -0.1) is 0 Å². The van der Waals surface area contributed by atoms with Gasteiger partial charge in [0.15, 0.2) is 0 Å². The van der Waals surface area contributed by atoms with E-state index in [1.165, 1.54) is 6.07 Å². The van der Waals surface area contributed by atoms with E-state index < -0.39 is 0 Å². The van der Waals surface area contributed by atoms with Crippen molar-refractivity contribution >= 4 is 11.6 Å². The normalized spacial score (nSPS) is 12.7. The molecule has 1 unspecified atom stereocenters. The Morgan fingerprint density at radius 3 is 2.76 bits per heavy atom. The fraction of sp³-hybridized carbons (Fsp3) is 0.538. The second-order valence-corrected chi connectivity index (χ2v) is 4.54. The molecule has 0 amide bonds. The van der Waals surface area contributed by atoms with E-state index in [4.69, 9.17) is 16.7 Å². The maximum absolute atomic E-state index is 13.0. The zero-order chi connectivity index (χ0) is 12.7. The maximum Gasteiger partial charge on any atom is 0.141 e. The number of unbranched alkanes of at least 4 members (excludes halogenated alkanes) is 2. The van der Waals surface area contributed by atoms with Crippen LogP contribution in [0.5, 0.6) is 0 Å². The van der Waals surface area contributed by atoms with Gasteiger partial charge >= 0.3 is 0 Å². The fourth-order valence-electron chi connectivity index (χ4n) is 1.63. The number of nitrogens with one attached hydrogen (secondary N) is 1. The molecular weight excluding hydrogens is 241 g/mol. The topological polar surface area (TPSA) is 32.3 Å². The Morgan fingerprint density at radius 2 is 2.12 bits per heavy atom. The van der Waals surface area contributed by atoms with Gasteiger partial charge in [0.1, 0.15) is 5.82 Å². The fourth-order valence-corrected chi connectivity index (χ4v) is 1.82. The molecule has 1 aromatic rings. The molecule has 0 spiro atoms. The van der Waals surface area contributed by atoms with E-state index in [1.54, 1.807) is 12.1 Å². The number of aliphatic hydroxyl groups excluding tert-OH is 1. The number of aliphatic hydroxyl groups is 1. The van der Waals surface area contributed by atoms with Gasteiger partial charge in [-0.3, -0.25) is 0 Å². The van der Waals surface area contributed by atoms with Crippen molar-refractivity contribution in [3.05, 3.63) is 34.6 Å². The Morgan fingerprint density at radius 1 is 1.35 bits per heavy atom. The molecule has 0 aromatic heterocycles. The zero-order valence-corrected chi connectivity index (χ0v) is 10.8. The minimum absolute atomic E-state index is 0.155. The van der Waals surface area contributed by atoms with Gasteiger partial charge in [0.25, 0.3) is 0 Å². The van der Waals surface area contributed by atoms with Crippen molar-refractivity contribution in [2.24, 2.45) is 0 Å².